The molecular formula is C60H115NO5. The lowest BCUT2D eigenvalue weighted by molar-refractivity contribution is -0.143. The molecule has 0 heterocycles. The molecule has 0 aliphatic heterocycles. The van der Waals surface area contributed by atoms with Crippen molar-refractivity contribution in [2.75, 3.05) is 13.2 Å². The van der Waals surface area contributed by atoms with E-state index in [1.807, 2.05) is 0 Å². The summed E-state index contributed by atoms with van der Waals surface area (Å²) in [7, 11) is 0. The zero-order valence-corrected chi connectivity index (χ0v) is 44.4. The van der Waals surface area contributed by atoms with Gasteiger partial charge < -0.3 is 20.3 Å². The molecule has 0 aromatic rings. The van der Waals surface area contributed by atoms with Crippen molar-refractivity contribution in [3.63, 3.8) is 0 Å². The van der Waals surface area contributed by atoms with Crippen LogP contribution in [0, 0.1) is 0 Å². The van der Waals surface area contributed by atoms with Gasteiger partial charge in [0.1, 0.15) is 0 Å². The molecule has 2 unspecified atom stereocenters. The summed E-state index contributed by atoms with van der Waals surface area (Å²) in [5.74, 6) is -0.0306. The molecule has 0 aliphatic carbocycles. The zero-order valence-electron chi connectivity index (χ0n) is 44.4. The Bertz CT molecular complexity index is 1030. The third kappa shape index (κ3) is 51.7. The van der Waals surface area contributed by atoms with Crippen LogP contribution in [0.4, 0.5) is 0 Å². The van der Waals surface area contributed by atoms with E-state index in [1.165, 1.54) is 238 Å². The van der Waals surface area contributed by atoms with Crippen molar-refractivity contribution in [3.05, 3.63) is 24.3 Å². The summed E-state index contributed by atoms with van der Waals surface area (Å²) in [4.78, 5) is 24.5. The van der Waals surface area contributed by atoms with Gasteiger partial charge >= 0.3 is 5.97 Å². The van der Waals surface area contributed by atoms with Crippen molar-refractivity contribution >= 4 is 11.9 Å². The number of aliphatic hydroxyl groups excluding tert-OH is 2. The highest BCUT2D eigenvalue weighted by Crippen LogP contribution is 2.17. The standard InChI is InChI=1S/C60H115NO5/c1-3-5-7-9-11-13-15-16-17-24-28-31-34-38-42-46-50-54-60(65)66-55-51-47-43-39-35-32-29-26-23-21-19-18-20-22-25-27-30-33-37-41-45-49-53-59(64)61-57(56-62)58(63)52-48-44-40-36-14-12-10-8-6-4-2/h11,13,16-17,57-58,62-63H,3-10,12,14-15,18-56H2,1-2H3,(H,61,64)/b13-11-,17-16-. The number of hydrogen-bond acceptors (Lipinski definition) is 5. The predicted molar refractivity (Wildman–Crippen MR) is 287 cm³/mol. The quantitative estimate of drug-likeness (QED) is 0.0321. The van der Waals surface area contributed by atoms with Gasteiger partial charge in [0, 0.05) is 12.8 Å². The van der Waals surface area contributed by atoms with E-state index in [-0.39, 0.29) is 18.5 Å². The van der Waals surface area contributed by atoms with Crippen LogP contribution in [0.2, 0.25) is 0 Å². The van der Waals surface area contributed by atoms with Crippen LogP contribution in [0.5, 0.6) is 0 Å². The first-order chi connectivity index (χ1) is 32.5. The lowest BCUT2D eigenvalue weighted by atomic mass is 10.0. The number of aliphatic hydroxyl groups is 2. The molecule has 0 aliphatic rings. The van der Waals surface area contributed by atoms with Crippen LogP contribution in [0.25, 0.3) is 0 Å². The van der Waals surface area contributed by atoms with E-state index in [1.54, 1.807) is 0 Å². The number of carbonyl (C=O) groups is 2. The van der Waals surface area contributed by atoms with Crippen molar-refractivity contribution in [3.8, 4) is 0 Å². The van der Waals surface area contributed by atoms with Crippen molar-refractivity contribution in [2.45, 2.75) is 334 Å². The molecule has 0 fully saturated rings. The molecule has 66 heavy (non-hydrogen) atoms. The van der Waals surface area contributed by atoms with E-state index in [9.17, 15) is 19.8 Å². The highest BCUT2D eigenvalue weighted by molar-refractivity contribution is 5.76. The molecule has 3 N–H and O–H groups in total. The van der Waals surface area contributed by atoms with E-state index in [0.29, 0.717) is 25.9 Å². The molecule has 0 radical (unpaired) electrons. The molecule has 0 aromatic heterocycles. The molecule has 390 valence electrons. The molecule has 0 spiro atoms. The molecule has 2 atom stereocenters. The highest BCUT2D eigenvalue weighted by atomic mass is 16.5. The summed E-state index contributed by atoms with van der Waals surface area (Å²) in [5.41, 5.74) is 0. The van der Waals surface area contributed by atoms with Crippen LogP contribution in [0.3, 0.4) is 0 Å². The number of hydrogen-bond donors (Lipinski definition) is 3. The fourth-order valence-electron chi connectivity index (χ4n) is 9.20. The summed E-state index contributed by atoms with van der Waals surface area (Å²) < 4.78 is 5.49. The molecular weight excluding hydrogens is 815 g/mol. The molecule has 1 amide bonds. The Labute approximate surface area is 411 Å². The van der Waals surface area contributed by atoms with Gasteiger partial charge in [0.15, 0.2) is 0 Å². The Balaban J connectivity index is 3.35. The van der Waals surface area contributed by atoms with Crippen molar-refractivity contribution in [2.24, 2.45) is 0 Å². The van der Waals surface area contributed by atoms with Crippen LogP contribution in [-0.4, -0.2) is 47.4 Å². The lowest BCUT2D eigenvalue weighted by Crippen LogP contribution is -2.45. The lowest BCUT2D eigenvalue weighted by Gasteiger charge is -2.22. The summed E-state index contributed by atoms with van der Waals surface area (Å²) in [6, 6.07) is -0.539. The normalized spacial score (nSPS) is 12.7. The Morgan fingerprint density at radius 1 is 0.424 bits per heavy atom. The topological polar surface area (TPSA) is 95.9 Å². The molecule has 0 aromatic carbocycles. The summed E-state index contributed by atoms with van der Waals surface area (Å²) in [6.07, 6.45) is 67.5. The van der Waals surface area contributed by atoms with Gasteiger partial charge in [-0.05, 0) is 57.8 Å². The van der Waals surface area contributed by atoms with Crippen molar-refractivity contribution < 1.29 is 24.5 Å². The maximum Gasteiger partial charge on any atom is 0.305 e. The number of nitrogens with one attached hydrogen (secondary N) is 1. The SMILES string of the molecule is CCCCC/C=C\C/C=C\CCCCCCCCCC(=O)OCCCCCCCCCCCCCCCCCCCCCCCCC(=O)NC(CO)C(O)CCCCCCCCCCCC. The third-order valence-electron chi connectivity index (χ3n) is 13.8. The number of amides is 1. The van der Waals surface area contributed by atoms with Crippen molar-refractivity contribution in [1.82, 2.24) is 5.32 Å². The first-order valence-electron chi connectivity index (χ1n) is 29.6. The second-order valence-electron chi connectivity index (χ2n) is 20.3. The minimum absolute atomic E-state index is 0.00559. The van der Waals surface area contributed by atoms with Gasteiger partial charge in [-0.3, -0.25) is 9.59 Å². The molecule has 0 saturated carbocycles. The molecule has 6 nitrogen and oxygen atoms in total. The van der Waals surface area contributed by atoms with Gasteiger partial charge in [0.05, 0.1) is 25.4 Å². The predicted octanol–water partition coefficient (Wildman–Crippen LogP) is 18.2. The number of allylic oxidation sites excluding steroid dienone is 4. The largest absolute Gasteiger partial charge is 0.466 e. The first kappa shape index (κ1) is 64.3. The number of unbranched alkanes of at least 4 members (excludes halogenated alkanes) is 40. The second-order valence-corrected chi connectivity index (χ2v) is 20.3. The van der Waals surface area contributed by atoms with Gasteiger partial charge in [-0.15, -0.1) is 0 Å². The smallest absolute Gasteiger partial charge is 0.305 e. The van der Waals surface area contributed by atoms with Crippen molar-refractivity contribution in [1.29, 1.82) is 0 Å². The van der Waals surface area contributed by atoms with Crippen LogP contribution in [0.1, 0.15) is 322 Å². The fraction of sp³-hybridized carbons (Fsp3) is 0.900. The van der Waals surface area contributed by atoms with Crippen LogP contribution < -0.4 is 5.32 Å². The first-order valence-corrected chi connectivity index (χ1v) is 29.6. The maximum atomic E-state index is 12.4. The average Bonchev–Trinajstić information content (AvgIpc) is 3.32. The summed E-state index contributed by atoms with van der Waals surface area (Å²) >= 11 is 0. The number of ether oxygens (including phenoxy) is 1. The van der Waals surface area contributed by atoms with Crippen LogP contribution in [-0.2, 0) is 14.3 Å². The summed E-state index contributed by atoms with van der Waals surface area (Å²) in [5, 5.41) is 23.1. The van der Waals surface area contributed by atoms with E-state index in [2.05, 4.69) is 43.5 Å². The molecule has 0 saturated heterocycles. The molecule has 6 heteroatoms. The molecule has 0 rings (SSSR count). The second kappa shape index (κ2) is 55.9. The summed E-state index contributed by atoms with van der Waals surface area (Å²) in [6.45, 7) is 4.92. The van der Waals surface area contributed by atoms with Crippen LogP contribution in [0.15, 0.2) is 24.3 Å². The Kier molecular flexibility index (Phi) is 54.5. The van der Waals surface area contributed by atoms with Gasteiger partial charge in [-0.2, -0.15) is 0 Å². The maximum absolute atomic E-state index is 12.4. The average molecular weight is 931 g/mol. The van der Waals surface area contributed by atoms with Crippen LogP contribution >= 0.6 is 0 Å². The minimum Gasteiger partial charge on any atom is -0.466 e. The van der Waals surface area contributed by atoms with E-state index >= 15 is 0 Å². The Morgan fingerprint density at radius 2 is 0.758 bits per heavy atom. The van der Waals surface area contributed by atoms with Gasteiger partial charge in [0.2, 0.25) is 5.91 Å². The van der Waals surface area contributed by atoms with E-state index in [4.69, 9.17) is 4.74 Å². The van der Waals surface area contributed by atoms with Gasteiger partial charge in [-0.25, -0.2) is 0 Å². The highest BCUT2D eigenvalue weighted by Gasteiger charge is 2.20. The van der Waals surface area contributed by atoms with E-state index < -0.39 is 12.1 Å². The molecule has 0 bridgehead atoms. The van der Waals surface area contributed by atoms with E-state index in [0.717, 1.165) is 51.4 Å². The Hall–Kier alpha value is -1.66. The fourth-order valence-corrected chi connectivity index (χ4v) is 9.20. The number of carbonyl (C=O) groups excluding carboxylic acids is 2. The number of rotatable bonds is 55. The Morgan fingerprint density at radius 3 is 1.18 bits per heavy atom. The van der Waals surface area contributed by atoms with Gasteiger partial charge in [-0.1, -0.05) is 276 Å². The number of esters is 1. The monoisotopic (exact) mass is 930 g/mol. The third-order valence-corrected chi connectivity index (χ3v) is 13.8. The van der Waals surface area contributed by atoms with Gasteiger partial charge in [0.25, 0.3) is 0 Å². The minimum atomic E-state index is -0.662. The zero-order chi connectivity index (χ0) is 47.9.